The number of anilines is 3. The Morgan fingerprint density at radius 1 is 0.964 bits per heavy atom. The van der Waals surface area contributed by atoms with Crippen LogP contribution in [0.25, 0.3) is 11.3 Å². The van der Waals surface area contributed by atoms with E-state index in [1.54, 1.807) is 30.5 Å². The van der Waals surface area contributed by atoms with Crippen LogP contribution in [0.2, 0.25) is 5.02 Å². The second kappa shape index (κ2) is 8.27. The lowest BCUT2D eigenvalue weighted by Gasteiger charge is -2.15. The van der Waals surface area contributed by atoms with Gasteiger partial charge in [0.15, 0.2) is 0 Å². The van der Waals surface area contributed by atoms with E-state index in [1.807, 2.05) is 30.3 Å². The molecule has 0 unspecified atom stereocenters. The maximum Gasteiger partial charge on any atom is 0.323 e. The molecule has 0 radical (unpaired) electrons. The monoisotopic (exact) mass is 393 g/mol. The van der Waals surface area contributed by atoms with E-state index in [1.165, 1.54) is 12.8 Å². The normalized spacial score (nSPS) is 13.4. The summed E-state index contributed by atoms with van der Waals surface area (Å²) in [6, 6.07) is 16.1. The molecule has 1 fully saturated rings. The second-order valence-electron chi connectivity index (χ2n) is 6.60. The fourth-order valence-corrected chi connectivity index (χ4v) is 3.29. The molecule has 2 aromatic carbocycles. The number of amides is 2. The Morgan fingerprint density at radius 2 is 1.71 bits per heavy atom. The Bertz CT molecular complexity index is 971. The van der Waals surface area contributed by atoms with Gasteiger partial charge in [0.2, 0.25) is 5.95 Å². The van der Waals surface area contributed by atoms with Gasteiger partial charge < -0.3 is 15.5 Å². The van der Waals surface area contributed by atoms with Gasteiger partial charge in [0.25, 0.3) is 0 Å². The van der Waals surface area contributed by atoms with Crippen molar-refractivity contribution in [3.63, 3.8) is 0 Å². The molecule has 0 spiro atoms. The summed E-state index contributed by atoms with van der Waals surface area (Å²) in [5.41, 5.74) is 3.11. The number of rotatable bonds is 4. The Hall–Kier alpha value is -3.12. The number of urea groups is 1. The van der Waals surface area contributed by atoms with Crippen molar-refractivity contribution in [2.24, 2.45) is 0 Å². The zero-order valence-corrected chi connectivity index (χ0v) is 16.0. The van der Waals surface area contributed by atoms with Gasteiger partial charge >= 0.3 is 6.03 Å². The molecular weight excluding hydrogens is 374 g/mol. The van der Waals surface area contributed by atoms with Crippen molar-refractivity contribution in [2.45, 2.75) is 12.8 Å². The molecule has 1 aliphatic rings. The fraction of sp³-hybridized carbons (Fsp3) is 0.190. The number of nitrogens with one attached hydrogen (secondary N) is 2. The van der Waals surface area contributed by atoms with E-state index in [0.29, 0.717) is 16.4 Å². The lowest BCUT2D eigenvalue weighted by atomic mass is 10.1. The number of carbonyl (C=O) groups excluding carboxylic acids is 1. The van der Waals surface area contributed by atoms with Crippen LogP contribution in [0.3, 0.4) is 0 Å². The fourth-order valence-electron chi connectivity index (χ4n) is 3.16. The molecule has 1 aliphatic heterocycles. The lowest BCUT2D eigenvalue weighted by molar-refractivity contribution is 0.262. The standard InChI is InChI=1S/C21H20ClN5O/c22-16-6-8-17(9-7-16)24-21(28)25-18-5-3-4-15(14-18)19-10-11-23-20(26-19)27-12-1-2-13-27/h3-11,14H,1-2,12-13H2,(H2,24,25,28). The largest absolute Gasteiger partial charge is 0.341 e. The number of hydrogen-bond acceptors (Lipinski definition) is 4. The molecule has 4 rings (SSSR count). The minimum atomic E-state index is -0.320. The lowest BCUT2D eigenvalue weighted by Crippen LogP contribution is -2.20. The van der Waals surface area contributed by atoms with Crippen LogP contribution < -0.4 is 15.5 Å². The van der Waals surface area contributed by atoms with E-state index in [2.05, 4.69) is 20.5 Å². The Morgan fingerprint density at radius 3 is 2.50 bits per heavy atom. The molecule has 2 amide bonds. The number of halogens is 1. The van der Waals surface area contributed by atoms with Gasteiger partial charge in [0.1, 0.15) is 0 Å². The van der Waals surface area contributed by atoms with Gasteiger partial charge in [-0.05, 0) is 55.3 Å². The van der Waals surface area contributed by atoms with Crippen LogP contribution in [0.15, 0.2) is 60.8 Å². The Labute approximate surface area is 168 Å². The van der Waals surface area contributed by atoms with Crippen LogP contribution in [0, 0.1) is 0 Å². The summed E-state index contributed by atoms with van der Waals surface area (Å²) in [7, 11) is 0. The highest BCUT2D eigenvalue weighted by Crippen LogP contribution is 2.24. The Kier molecular flexibility index (Phi) is 5.39. The van der Waals surface area contributed by atoms with Crippen molar-refractivity contribution in [3.8, 4) is 11.3 Å². The summed E-state index contributed by atoms with van der Waals surface area (Å²) in [6.45, 7) is 1.99. The smallest absolute Gasteiger partial charge is 0.323 e. The topological polar surface area (TPSA) is 70.2 Å². The van der Waals surface area contributed by atoms with Gasteiger partial charge in [-0.1, -0.05) is 23.7 Å². The summed E-state index contributed by atoms with van der Waals surface area (Å²) in [5, 5.41) is 6.25. The highest BCUT2D eigenvalue weighted by atomic mass is 35.5. The molecule has 28 heavy (non-hydrogen) atoms. The first-order valence-corrected chi connectivity index (χ1v) is 9.57. The van der Waals surface area contributed by atoms with Crippen LogP contribution in [0.1, 0.15) is 12.8 Å². The van der Waals surface area contributed by atoms with E-state index in [9.17, 15) is 4.79 Å². The van der Waals surface area contributed by atoms with Gasteiger partial charge in [-0.3, -0.25) is 0 Å². The molecule has 3 aromatic rings. The van der Waals surface area contributed by atoms with Crippen molar-refractivity contribution in [1.82, 2.24) is 9.97 Å². The van der Waals surface area contributed by atoms with E-state index in [0.717, 1.165) is 30.3 Å². The molecule has 142 valence electrons. The van der Waals surface area contributed by atoms with Crippen LogP contribution in [-0.2, 0) is 0 Å². The zero-order valence-electron chi connectivity index (χ0n) is 15.2. The number of carbonyl (C=O) groups is 1. The van der Waals surface area contributed by atoms with Crippen LogP contribution in [0.4, 0.5) is 22.1 Å². The number of hydrogen-bond donors (Lipinski definition) is 2. The van der Waals surface area contributed by atoms with Gasteiger partial charge in [-0.15, -0.1) is 0 Å². The molecule has 7 heteroatoms. The predicted molar refractivity (Wildman–Crippen MR) is 113 cm³/mol. The molecule has 1 aromatic heterocycles. The van der Waals surface area contributed by atoms with Crippen molar-refractivity contribution >= 4 is 35.0 Å². The van der Waals surface area contributed by atoms with Gasteiger partial charge in [-0.25, -0.2) is 14.8 Å². The quantitative estimate of drug-likeness (QED) is 0.651. The molecular formula is C21H20ClN5O. The minimum Gasteiger partial charge on any atom is -0.341 e. The van der Waals surface area contributed by atoms with Gasteiger partial charge in [0, 0.05) is 41.2 Å². The summed E-state index contributed by atoms with van der Waals surface area (Å²) in [6.07, 6.45) is 4.13. The molecule has 2 N–H and O–H groups in total. The van der Waals surface area contributed by atoms with Crippen LogP contribution in [-0.4, -0.2) is 29.1 Å². The minimum absolute atomic E-state index is 0.320. The molecule has 2 heterocycles. The van der Waals surface area contributed by atoms with Crippen LogP contribution in [0.5, 0.6) is 0 Å². The first kappa shape index (κ1) is 18.3. The first-order valence-electron chi connectivity index (χ1n) is 9.19. The highest BCUT2D eigenvalue weighted by Gasteiger charge is 2.15. The highest BCUT2D eigenvalue weighted by molar-refractivity contribution is 6.30. The third kappa shape index (κ3) is 4.40. The molecule has 0 saturated carbocycles. The molecule has 0 bridgehead atoms. The third-order valence-electron chi connectivity index (χ3n) is 4.55. The molecule has 6 nitrogen and oxygen atoms in total. The molecule has 0 aliphatic carbocycles. The average Bonchev–Trinajstić information content (AvgIpc) is 3.25. The maximum absolute atomic E-state index is 12.3. The van der Waals surface area contributed by atoms with E-state index in [4.69, 9.17) is 16.6 Å². The summed E-state index contributed by atoms with van der Waals surface area (Å²) < 4.78 is 0. The van der Waals surface area contributed by atoms with E-state index >= 15 is 0 Å². The van der Waals surface area contributed by atoms with E-state index in [-0.39, 0.29) is 6.03 Å². The van der Waals surface area contributed by atoms with Crippen molar-refractivity contribution in [2.75, 3.05) is 28.6 Å². The van der Waals surface area contributed by atoms with Gasteiger partial charge in [0.05, 0.1) is 5.69 Å². The van der Waals surface area contributed by atoms with E-state index < -0.39 is 0 Å². The zero-order chi connectivity index (χ0) is 19.3. The first-order chi connectivity index (χ1) is 13.7. The summed E-state index contributed by atoms with van der Waals surface area (Å²) >= 11 is 5.86. The third-order valence-corrected chi connectivity index (χ3v) is 4.80. The molecule has 0 atom stereocenters. The van der Waals surface area contributed by atoms with Crippen molar-refractivity contribution < 1.29 is 4.79 Å². The maximum atomic E-state index is 12.3. The second-order valence-corrected chi connectivity index (χ2v) is 7.04. The van der Waals surface area contributed by atoms with Gasteiger partial charge in [-0.2, -0.15) is 0 Å². The number of benzene rings is 2. The predicted octanol–water partition coefficient (Wildman–Crippen LogP) is 5.04. The summed E-state index contributed by atoms with van der Waals surface area (Å²) in [4.78, 5) is 23.5. The average molecular weight is 394 g/mol. The van der Waals surface area contributed by atoms with Crippen LogP contribution >= 0.6 is 11.6 Å². The number of aromatic nitrogens is 2. The van der Waals surface area contributed by atoms with Crippen molar-refractivity contribution in [3.05, 3.63) is 65.8 Å². The SMILES string of the molecule is O=C(Nc1ccc(Cl)cc1)Nc1cccc(-c2ccnc(N3CCCC3)n2)c1. The summed E-state index contributed by atoms with van der Waals surface area (Å²) in [5.74, 6) is 0.758. The Balaban J connectivity index is 1.47. The van der Waals surface area contributed by atoms with Crippen molar-refractivity contribution in [1.29, 1.82) is 0 Å². The number of nitrogens with zero attached hydrogens (tertiary/aromatic N) is 3. The molecule has 1 saturated heterocycles.